The molecule has 0 atom stereocenters. The predicted molar refractivity (Wildman–Crippen MR) is 341 cm³/mol. The minimum absolute atomic E-state index is 0. The summed E-state index contributed by atoms with van der Waals surface area (Å²) in [6, 6.07) is 40.3. The van der Waals surface area contributed by atoms with E-state index in [-0.39, 0.29) is 144 Å². The molecular weight excluding hydrogens is 1670 g/mol. The van der Waals surface area contributed by atoms with Crippen molar-refractivity contribution in [3.63, 3.8) is 0 Å². The number of rotatable bonds is 3. The average molecular weight is 1730 g/mol. The molecule has 0 saturated heterocycles. The van der Waals surface area contributed by atoms with Gasteiger partial charge >= 0.3 is 0 Å². The van der Waals surface area contributed by atoms with E-state index in [1.165, 1.54) is 97.2 Å². The van der Waals surface area contributed by atoms with Gasteiger partial charge in [-0.25, -0.2) is 0 Å². The van der Waals surface area contributed by atoms with Gasteiger partial charge in [0.1, 0.15) is 14.9 Å². The number of fused-ring (bicyclic) bond motifs is 5. The maximum Gasteiger partial charge on any atom is 0.138 e. The van der Waals surface area contributed by atoms with Gasteiger partial charge in [-0.05, 0) is 133 Å². The van der Waals surface area contributed by atoms with Crippen LogP contribution in [0, 0.1) is 33.8 Å². The van der Waals surface area contributed by atoms with Gasteiger partial charge in [0.15, 0.2) is 0 Å². The Morgan fingerprint density at radius 3 is 1.44 bits per heavy atom. The summed E-state index contributed by atoms with van der Waals surface area (Å²) in [5, 5.41) is 26.5. The van der Waals surface area contributed by atoms with E-state index in [0.29, 0.717) is 5.75 Å². The largest absolute Gasteiger partial charge is 0.506 e. The quantitative estimate of drug-likeness (QED) is 0.0828. The molecule has 5 aromatic carbocycles. The number of phenols is 1. The monoisotopic (exact) mass is 1720 g/mol. The van der Waals surface area contributed by atoms with Gasteiger partial charge in [-0.15, -0.1) is 73.9 Å². The summed E-state index contributed by atoms with van der Waals surface area (Å²) < 4.78 is 17.0. The van der Waals surface area contributed by atoms with E-state index in [4.69, 9.17) is 27.8 Å². The van der Waals surface area contributed by atoms with Gasteiger partial charge in [-0.1, -0.05) is 148 Å². The van der Waals surface area contributed by atoms with Gasteiger partial charge in [-0.3, -0.25) is 4.57 Å². The van der Waals surface area contributed by atoms with E-state index in [0.717, 1.165) is 10.1 Å². The van der Waals surface area contributed by atoms with Crippen LogP contribution in [0.4, 0.5) is 0 Å². The molecule has 0 spiro atoms. The van der Waals surface area contributed by atoms with Crippen molar-refractivity contribution < 1.29 is 141 Å². The van der Waals surface area contributed by atoms with Crippen molar-refractivity contribution in [3.8, 4) is 5.75 Å². The van der Waals surface area contributed by atoms with Crippen molar-refractivity contribution in [2.45, 2.75) is 81.6 Å². The van der Waals surface area contributed by atoms with Crippen LogP contribution in [-0.2, 0) is 135 Å². The normalized spacial score (nSPS) is 8.85. The van der Waals surface area contributed by atoms with Crippen LogP contribution in [0.15, 0.2) is 141 Å². The first-order valence-electron chi connectivity index (χ1n) is 21.0. The van der Waals surface area contributed by atoms with Crippen molar-refractivity contribution in [1.29, 1.82) is 0 Å². The number of alkyl halides is 3. The number of hydrogen-bond acceptors (Lipinski definition) is 7. The molecule has 0 fully saturated rings. The van der Waals surface area contributed by atoms with Crippen LogP contribution in [-0.4, -0.2) is 14.9 Å². The Labute approximate surface area is 601 Å². The smallest absolute Gasteiger partial charge is 0.138 e. The fourth-order valence-electron chi connectivity index (χ4n) is 5.60. The molecule has 72 heavy (non-hydrogen) atoms. The Morgan fingerprint density at radius 2 is 0.986 bits per heavy atom. The molecule has 0 aliphatic heterocycles. The van der Waals surface area contributed by atoms with Crippen molar-refractivity contribution in [1.82, 2.24) is 0 Å². The van der Waals surface area contributed by atoms with Crippen LogP contribution in [0.2, 0.25) is 0 Å². The number of benzene rings is 5. The van der Waals surface area contributed by atoms with Crippen LogP contribution in [0.5, 0.6) is 5.75 Å². The molecule has 4 radical (unpaired) electrons. The third-order valence-corrected chi connectivity index (χ3v) is 16.1. The second-order valence-corrected chi connectivity index (χ2v) is 21.2. The van der Waals surface area contributed by atoms with Gasteiger partial charge in [-0.2, -0.15) is 35.6 Å². The number of thiophene rings is 5. The number of halogens is 6. The van der Waals surface area contributed by atoms with Crippen LogP contribution in [0.25, 0.3) is 50.4 Å². The van der Waals surface area contributed by atoms with E-state index >= 15 is 0 Å². The first-order valence-corrected chi connectivity index (χ1v) is 33.0. The Bertz CT molecular complexity index is 2640. The summed E-state index contributed by atoms with van der Waals surface area (Å²) in [5.41, 5.74) is 5.53. The van der Waals surface area contributed by atoms with E-state index in [2.05, 4.69) is 216 Å². The molecule has 2 nitrogen and oxygen atoms in total. The molecule has 380 valence electrons. The number of unbranched alkanes of at least 4 members (excludes halogenated alkanes) is 2. The molecular formula is C54H62Br3Cl2IO2PS5Y4-. The molecule has 10 aromatic rings. The van der Waals surface area contributed by atoms with E-state index in [1.807, 2.05) is 58.4 Å². The number of aryl methyl sites for hydroxylation is 4. The van der Waals surface area contributed by atoms with Crippen molar-refractivity contribution in [2.24, 2.45) is 0 Å². The summed E-state index contributed by atoms with van der Waals surface area (Å²) in [6.07, 6.45) is 5.35. The maximum absolute atomic E-state index is 9.27. The molecule has 18 heteroatoms. The van der Waals surface area contributed by atoms with Gasteiger partial charge in [0.05, 0.1) is 10.0 Å². The van der Waals surface area contributed by atoms with Crippen LogP contribution < -0.4 is 0 Å². The Balaban J connectivity index is -0.000000239. The zero-order valence-corrected chi connectivity index (χ0v) is 65.9. The van der Waals surface area contributed by atoms with Crippen LogP contribution >= 0.6 is 156 Å². The van der Waals surface area contributed by atoms with E-state index in [9.17, 15) is 5.11 Å². The summed E-state index contributed by atoms with van der Waals surface area (Å²) in [4.78, 5) is 0. The van der Waals surface area contributed by atoms with Crippen molar-refractivity contribution >= 4 is 206 Å². The Kier molecular flexibility index (Phi) is 62.0. The number of hydrogen-bond donors (Lipinski definition) is 1. The first-order chi connectivity index (χ1) is 32.5. The van der Waals surface area contributed by atoms with Gasteiger partial charge in [0.2, 0.25) is 0 Å². The van der Waals surface area contributed by atoms with Gasteiger partial charge in [0, 0.05) is 188 Å². The molecule has 0 aliphatic rings. The second-order valence-electron chi connectivity index (χ2n) is 14.0. The summed E-state index contributed by atoms with van der Waals surface area (Å²) in [7, 11) is 1.72. The summed E-state index contributed by atoms with van der Waals surface area (Å²) in [6.45, 7) is 15.2. The fourth-order valence-corrected chi connectivity index (χ4v) is 11.5. The van der Waals surface area contributed by atoms with Crippen LogP contribution in [0.1, 0.15) is 76.1 Å². The topological polar surface area (TPSA) is 37.3 Å². The SMILES string of the molecule is BrBr.C.CCCC.CCCCI.Cc1cccc2c(Br)csc12.Cc1cccc2ccsc12.Cc1csc2c(C)cccc12.ClCCl.O=P.Oc1cccc2ccsc12.[Y].[Y].[Y].[Y].[c-]1cccc2ccsc12. The number of aromatic hydroxyl groups is 1. The van der Waals surface area contributed by atoms with E-state index < -0.39 is 0 Å². The maximum atomic E-state index is 9.27. The third kappa shape index (κ3) is 31.8. The summed E-state index contributed by atoms with van der Waals surface area (Å²) >= 11 is 29.7. The fraction of sp³-hybridized carbons (Fsp3) is 0.259. The predicted octanol–water partition coefficient (Wildman–Crippen LogP) is 24.2. The minimum atomic E-state index is 0. The van der Waals surface area contributed by atoms with Gasteiger partial charge < -0.3 is 5.11 Å². The van der Waals surface area contributed by atoms with Crippen molar-refractivity contribution in [3.05, 3.63) is 169 Å². The molecule has 10 rings (SSSR count). The molecule has 0 aliphatic carbocycles. The second kappa shape index (κ2) is 53.3. The third-order valence-electron chi connectivity index (χ3n) is 9.14. The average Bonchev–Trinajstić information content (AvgIpc) is 4.23. The molecule has 0 amide bonds. The van der Waals surface area contributed by atoms with Crippen molar-refractivity contribution in [2.75, 3.05) is 9.77 Å². The molecule has 0 unspecified atom stereocenters. The Morgan fingerprint density at radius 1 is 0.556 bits per heavy atom. The van der Waals surface area contributed by atoms with E-state index in [1.54, 1.807) is 49.2 Å². The number of phenolic OH excluding ortho intramolecular Hbond substituents is 1. The molecule has 1 N–H and O–H groups in total. The molecule has 0 saturated carbocycles. The Hall–Kier alpha value is 2.97. The zero-order valence-electron chi connectivity index (χ0n) is 41.0. The molecule has 0 bridgehead atoms. The molecule has 5 heterocycles. The first kappa shape index (κ1) is 83.8. The van der Waals surface area contributed by atoms with Crippen LogP contribution in [0.3, 0.4) is 0 Å². The summed E-state index contributed by atoms with van der Waals surface area (Å²) in [5.74, 6) is 0.382. The standard InChI is InChI=1S/C10H10S.C9H7BrS.C9H8S.C8H6OS.C8H5S.C4H9I.C4H10.CH2Cl2.CH4.Br2.HOP.4Y/c1-7-4-3-5-9-8(2)6-11-10(7)9;1-6-3-2-4-7-8(10)5-11-9(6)7;1-7-3-2-4-8-5-6-10-9(7)8;9-7-3-1-2-6-4-5-10-8(6)7;1-2-4-8-7(3-1)5-6-9-8;1-2-3-4-5;1-3-4-2;2-1-3;;2*1-2;;;;/h3-6H,1-2H3;2-5H,1H3;2-6H,1H3;1-5,9H;1-3,5-6H;2-4H2,1H3;3-4H2,1-2H3;1H2;1H4;;2H;;;;/q;;;;-1;;;;;;;;;;. The molecule has 5 aromatic heterocycles. The van der Waals surface area contributed by atoms with Gasteiger partial charge in [0.25, 0.3) is 0 Å². The minimum Gasteiger partial charge on any atom is -0.506 e. The zero-order chi connectivity index (χ0) is 50.0.